The number of halogens is 2. The fraction of sp³-hybridized carbons (Fsp3) is 0.533. The van der Waals surface area contributed by atoms with E-state index in [1.165, 1.54) is 31.2 Å². The Hall–Kier alpha value is -0.730. The summed E-state index contributed by atoms with van der Waals surface area (Å²) in [7, 11) is 0. The molecule has 2 nitrogen and oxygen atoms in total. The summed E-state index contributed by atoms with van der Waals surface area (Å²) in [5, 5.41) is 0.732. The number of nitrogens with zero attached hydrogens (tertiary/aromatic N) is 2. The standard InChI is InChI=1S/C15H18Cl2N2/c1-10-3-2-4-12(7-10)19-14-6-5-11(17)8-13(14)18-15(19)9-16/h5-6,8,10,12H,2-4,7,9H2,1H3. The van der Waals surface area contributed by atoms with Crippen LogP contribution in [0, 0.1) is 5.92 Å². The van der Waals surface area contributed by atoms with E-state index in [0.717, 1.165) is 22.3 Å². The molecule has 0 aliphatic heterocycles. The van der Waals surface area contributed by atoms with E-state index in [0.29, 0.717) is 11.9 Å². The zero-order valence-corrected chi connectivity index (χ0v) is 12.6. The van der Waals surface area contributed by atoms with Crippen LogP contribution in [-0.4, -0.2) is 9.55 Å². The van der Waals surface area contributed by atoms with E-state index in [4.69, 9.17) is 23.2 Å². The number of hydrogen-bond acceptors (Lipinski definition) is 1. The zero-order chi connectivity index (χ0) is 13.4. The highest BCUT2D eigenvalue weighted by atomic mass is 35.5. The molecule has 19 heavy (non-hydrogen) atoms. The molecular weight excluding hydrogens is 279 g/mol. The SMILES string of the molecule is CC1CCCC(n2c(CCl)nc3cc(Cl)ccc32)C1. The summed E-state index contributed by atoms with van der Waals surface area (Å²) in [6.45, 7) is 2.34. The maximum Gasteiger partial charge on any atom is 0.125 e. The van der Waals surface area contributed by atoms with E-state index >= 15 is 0 Å². The summed E-state index contributed by atoms with van der Waals surface area (Å²) in [5.41, 5.74) is 2.13. The zero-order valence-electron chi connectivity index (χ0n) is 11.1. The van der Waals surface area contributed by atoms with Crippen molar-refractivity contribution >= 4 is 34.2 Å². The molecule has 1 aliphatic carbocycles. The van der Waals surface area contributed by atoms with Gasteiger partial charge in [-0.1, -0.05) is 31.4 Å². The highest BCUT2D eigenvalue weighted by Crippen LogP contribution is 2.36. The Morgan fingerprint density at radius 3 is 2.95 bits per heavy atom. The fourth-order valence-electron chi connectivity index (χ4n) is 3.26. The van der Waals surface area contributed by atoms with Gasteiger partial charge in [-0.2, -0.15) is 0 Å². The monoisotopic (exact) mass is 296 g/mol. The lowest BCUT2D eigenvalue weighted by atomic mass is 9.87. The molecule has 102 valence electrons. The second-order valence-electron chi connectivity index (χ2n) is 5.59. The van der Waals surface area contributed by atoms with Gasteiger partial charge in [0, 0.05) is 11.1 Å². The van der Waals surface area contributed by atoms with E-state index < -0.39 is 0 Å². The number of alkyl halides is 1. The molecule has 1 aliphatic rings. The summed E-state index contributed by atoms with van der Waals surface area (Å²) >= 11 is 12.1. The number of imidazole rings is 1. The minimum atomic E-state index is 0.456. The predicted octanol–water partition coefficient (Wildman–Crippen LogP) is 5.18. The van der Waals surface area contributed by atoms with E-state index in [9.17, 15) is 0 Å². The maximum absolute atomic E-state index is 6.08. The molecular formula is C15H18Cl2N2. The number of hydrogen-bond donors (Lipinski definition) is 0. The third kappa shape index (κ3) is 2.48. The first-order valence-electron chi connectivity index (χ1n) is 6.91. The summed E-state index contributed by atoms with van der Waals surface area (Å²) < 4.78 is 2.34. The van der Waals surface area contributed by atoms with Crippen LogP contribution in [-0.2, 0) is 5.88 Å². The van der Waals surface area contributed by atoms with E-state index in [2.05, 4.69) is 22.5 Å². The van der Waals surface area contributed by atoms with Crippen molar-refractivity contribution in [2.75, 3.05) is 0 Å². The molecule has 1 aromatic heterocycles. The first-order chi connectivity index (χ1) is 9.19. The van der Waals surface area contributed by atoms with Gasteiger partial charge in [-0.15, -0.1) is 11.6 Å². The lowest BCUT2D eigenvalue weighted by molar-refractivity contribution is 0.283. The molecule has 2 unspecified atom stereocenters. The van der Waals surface area contributed by atoms with E-state index in [-0.39, 0.29) is 0 Å². The van der Waals surface area contributed by atoms with Crippen molar-refractivity contribution in [2.45, 2.75) is 44.5 Å². The quantitative estimate of drug-likeness (QED) is 0.698. The highest BCUT2D eigenvalue weighted by molar-refractivity contribution is 6.31. The molecule has 4 heteroatoms. The smallest absolute Gasteiger partial charge is 0.125 e. The summed E-state index contributed by atoms with van der Waals surface area (Å²) in [4.78, 5) is 4.64. The molecule has 0 bridgehead atoms. The molecule has 1 saturated carbocycles. The van der Waals surface area contributed by atoms with Crippen molar-refractivity contribution < 1.29 is 0 Å². The molecule has 0 N–H and O–H groups in total. The van der Waals surface area contributed by atoms with Gasteiger partial charge in [0.2, 0.25) is 0 Å². The van der Waals surface area contributed by atoms with Crippen molar-refractivity contribution in [3.8, 4) is 0 Å². The molecule has 2 atom stereocenters. The molecule has 1 aromatic carbocycles. The first-order valence-corrected chi connectivity index (χ1v) is 7.82. The third-order valence-corrected chi connectivity index (χ3v) is 4.59. The van der Waals surface area contributed by atoms with Gasteiger partial charge in [-0.25, -0.2) is 4.98 Å². The lowest BCUT2D eigenvalue weighted by Gasteiger charge is -2.29. The normalized spacial score (nSPS) is 23.9. The Balaban J connectivity index is 2.10. The fourth-order valence-corrected chi connectivity index (χ4v) is 3.61. The molecule has 0 radical (unpaired) electrons. The van der Waals surface area contributed by atoms with Gasteiger partial charge in [-0.05, 0) is 37.0 Å². The highest BCUT2D eigenvalue weighted by Gasteiger charge is 2.24. The van der Waals surface area contributed by atoms with Gasteiger partial charge in [0.25, 0.3) is 0 Å². The van der Waals surface area contributed by atoms with Crippen LogP contribution < -0.4 is 0 Å². The second kappa shape index (κ2) is 5.34. The van der Waals surface area contributed by atoms with Crippen LogP contribution in [0.3, 0.4) is 0 Å². The number of benzene rings is 1. The molecule has 0 amide bonds. The van der Waals surface area contributed by atoms with Crippen molar-refractivity contribution in [3.05, 3.63) is 29.0 Å². The molecule has 1 fully saturated rings. The summed E-state index contributed by atoms with van der Waals surface area (Å²) in [6.07, 6.45) is 5.08. The molecule has 2 aromatic rings. The van der Waals surface area contributed by atoms with Crippen LogP contribution in [0.25, 0.3) is 11.0 Å². The summed E-state index contributed by atoms with van der Waals surface area (Å²) in [6, 6.07) is 6.46. The Kier molecular flexibility index (Phi) is 3.72. The number of aromatic nitrogens is 2. The molecule has 1 heterocycles. The third-order valence-electron chi connectivity index (χ3n) is 4.12. The average molecular weight is 297 g/mol. The van der Waals surface area contributed by atoms with Gasteiger partial charge in [0.15, 0.2) is 0 Å². The Morgan fingerprint density at radius 2 is 2.21 bits per heavy atom. The van der Waals surface area contributed by atoms with Crippen molar-refractivity contribution in [3.63, 3.8) is 0 Å². The molecule has 0 spiro atoms. The van der Waals surface area contributed by atoms with Crippen LogP contribution >= 0.6 is 23.2 Å². The predicted molar refractivity (Wildman–Crippen MR) is 81.0 cm³/mol. The molecule has 3 rings (SSSR count). The average Bonchev–Trinajstić information content (AvgIpc) is 2.76. The lowest BCUT2D eigenvalue weighted by Crippen LogP contribution is -2.19. The minimum absolute atomic E-state index is 0.456. The number of rotatable bonds is 2. The van der Waals surface area contributed by atoms with E-state index in [1.54, 1.807) is 0 Å². The Bertz CT molecular complexity index is 591. The molecule has 0 saturated heterocycles. The van der Waals surface area contributed by atoms with Crippen LogP contribution in [0.2, 0.25) is 5.02 Å². The minimum Gasteiger partial charge on any atom is -0.324 e. The van der Waals surface area contributed by atoms with Crippen LogP contribution in [0.4, 0.5) is 0 Å². The van der Waals surface area contributed by atoms with Gasteiger partial charge in [0.1, 0.15) is 5.82 Å². The Labute approximate surface area is 123 Å². The van der Waals surface area contributed by atoms with Gasteiger partial charge < -0.3 is 4.57 Å². The topological polar surface area (TPSA) is 17.8 Å². The second-order valence-corrected chi connectivity index (χ2v) is 6.29. The maximum atomic E-state index is 6.08. The van der Waals surface area contributed by atoms with Crippen LogP contribution in [0.5, 0.6) is 0 Å². The summed E-state index contributed by atoms with van der Waals surface area (Å²) in [5.74, 6) is 2.21. The van der Waals surface area contributed by atoms with Crippen molar-refractivity contribution in [1.29, 1.82) is 0 Å². The number of fused-ring (bicyclic) bond motifs is 1. The van der Waals surface area contributed by atoms with Gasteiger partial charge >= 0.3 is 0 Å². The Morgan fingerprint density at radius 1 is 1.37 bits per heavy atom. The van der Waals surface area contributed by atoms with Gasteiger partial charge in [0.05, 0.1) is 16.9 Å². The van der Waals surface area contributed by atoms with Crippen LogP contribution in [0.15, 0.2) is 18.2 Å². The van der Waals surface area contributed by atoms with Crippen LogP contribution in [0.1, 0.15) is 44.5 Å². The van der Waals surface area contributed by atoms with Gasteiger partial charge in [-0.3, -0.25) is 0 Å². The largest absolute Gasteiger partial charge is 0.324 e. The first kappa shape index (κ1) is 13.3. The van der Waals surface area contributed by atoms with E-state index in [1.807, 2.05) is 12.1 Å². The van der Waals surface area contributed by atoms with Crippen molar-refractivity contribution in [1.82, 2.24) is 9.55 Å². The van der Waals surface area contributed by atoms with Crippen molar-refractivity contribution in [2.24, 2.45) is 5.92 Å².